The van der Waals surface area contributed by atoms with Crippen LogP contribution in [-0.2, 0) is 4.79 Å². The quantitative estimate of drug-likeness (QED) is 0.233. The zero-order valence-electron chi connectivity index (χ0n) is 9.03. The first-order valence-corrected chi connectivity index (χ1v) is 5.80. The molecule has 0 aliphatic heterocycles. The Labute approximate surface area is 98.5 Å². The van der Waals surface area contributed by atoms with Crippen molar-refractivity contribution in [3.8, 4) is 5.75 Å². The third-order valence-electron chi connectivity index (χ3n) is 1.82. The molecule has 1 aromatic rings. The summed E-state index contributed by atoms with van der Waals surface area (Å²) in [6.45, 7) is 2.50. The highest BCUT2D eigenvalue weighted by atomic mass is 32.2. The Hall–Kier alpha value is -1.40. The molecule has 0 spiro atoms. The van der Waals surface area contributed by atoms with Gasteiger partial charge >= 0.3 is 0 Å². The SMILES string of the molecule is CCOc1ccc(N)c(SCC(=O)NN)c1. The van der Waals surface area contributed by atoms with Gasteiger partial charge in [-0.1, -0.05) is 0 Å². The van der Waals surface area contributed by atoms with Gasteiger partial charge in [-0.15, -0.1) is 11.8 Å². The molecule has 0 aromatic heterocycles. The molecule has 0 aliphatic rings. The fourth-order valence-corrected chi connectivity index (χ4v) is 1.89. The number of rotatable bonds is 5. The molecule has 0 saturated heterocycles. The summed E-state index contributed by atoms with van der Waals surface area (Å²) < 4.78 is 5.34. The van der Waals surface area contributed by atoms with E-state index in [-0.39, 0.29) is 11.7 Å². The standard InChI is InChI=1S/C10H15N3O2S/c1-2-15-7-3-4-8(11)9(5-7)16-6-10(14)13-12/h3-5H,2,6,11-12H2,1H3,(H,13,14). The molecule has 0 fully saturated rings. The lowest BCUT2D eigenvalue weighted by atomic mass is 10.3. The molecule has 5 nitrogen and oxygen atoms in total. The second-order valence-corrected chi connectivity index (χ2v) is 4.01. The maximum absolute atomic E-state index is 11.0. The monoisotopic (exact) mass is 241 g/mol. The van der Waals surface area contributed by atoms with Gasteiger partial charge in [0.1, 0.15) is 5.75 Å². The Morgan fingerprint density at radius 3 is 2.94 bits per heavy atom. The molecule has 0 radical (unpaired) electrons. The molecule has 88 valence electrons. The lowest BCUT2D eigenvalue weighted by Crippen LogP contribution is -2.31. The van der Waals surface area contributed by atoms with Crippen molar-refractivity contribution in [3.05, 3.63) is 18.2 Å². The number of carbonyl (C=O) groups excluding carboxylic acids is 1. The lowest BCUT2D eigenvalue weighted by molar-refractivity contribution is -0.118. The van der Waals surface area contributed by atoms with E-state index in [2.05, 4.69) is 5.43 Å². The summed E-state index contributed by atoms with van der Waals surface area (Å²) in [6, 6.07) is 5.37. The molecule has 1 aromatic carbocycles. The highest BCUT2D eigenvalue weighted by Crippen LogP contribution is 2.28. The first kappa shape index (κ1) is 12.7. The summed E-state index contributed by atoms with van der Waals surface area (Å²) in [6.07, 6.45) is 0. The number of anilines is 1. The summed E-state index contributed by atoms with van der Waals surface area (Å²) in [5.74, 6) is 5.71. The van der Waals surface area contributed by atoms with E-state index in [9.17, 15) is 4.79 Å². The van der Waals surface area contributed by atoms with E-state index in [4.69, 9.17) is 16.3 Å². The highest BCUT2D eigenvalue weighted by molar-refractivity contribution is 8.00. The maximum atomic E-state index is 11.0. The number of benzene rings is 1. The van der Waals surface area contributed by atoms with Crippen molar-refractivity contribution in [1.82, 2.24) is 5.43 Å². The molecule has 16 heavy (non-hydrogen) atoms. The van der Waals surface area contributed by atoms with Crippen LogP contribution in [0.25, 0.3) is 0 Å². The number of carbonyl (C=O) groups is 1. The number of hydrogen-bond donors (Lipinski definition) is 3. The predicted molar refractivity (Wildman–Crippen MR) is 65.1 cm³/mol. The van der Waals surface area contributed by atoms with Gasteiger partial charge in [-0.3, -0.25) is 10.2 Å². The van der Waals surface area contributed by atoms with E-state index >= 15 is 0 Å². The van der Waals surface area contributed by atoms with Gasteiger partial charge in [0.15, 0.2) is 0 Å². The Morgan fingerprint density at radius 2 is 2.31 bits per heavy atom. The molecule has 0 bridgehead atoms. The van der Waals surface area contributed by atoms with Crippen molar-refractivity contribution < 1.29 is 9.53 Å². The molecule has 0 saturated carbocycles. The van der Waals surface area contributed by atoms with E-state index in [1.54, 1.807) is 12.1 Å². The zero-order chi connectivity index (χ0) is 12.0. The fourth-order valence-electron chi connectivity index (χ4n) is 1.08. The molecule has 0 aliphatic carbocycles. The number of amides is 1. The average molecular weight is 241 g/mol. The van der Waals surface area contributed by atoms with E-state index in [0.29, 0.717) is 12.3 Å². The zero-order valence-corrected chi connectivity index (χ0v) is 9.84. The van der Waals surface area contributed by atoms with E-state index in [1.165, 1.54) is 11.8 Å². The van der Waals surface area contributed by atoms with Crippen molar-refractivity contribution in [2.75, 3.05) is 18.1 Å². The molecule has 1 amide bonds. The maximum Gasteiger partial charge on any atom is 0.244 e. The van der Waals surface area contributed by atoms with Crippen molar-refractivity contribution in [2.45, 2.75) is 11.8 Å². The number of nitrogens with one attached hydrogen (secondary N) is 1. The van der Waals surface area contributed by atoms with Gasteiger partial charge < -0.3 is 10.5 Å². The van der Waals surface area contributed by atoms with Crippen LogP contribution >= 0.6 is 11.8 Å². The second-order valence-electron chi connectivity index (χ2n) is 2.99. The van der Waals surface area contributed by atoms with E-state index < -0.39 is 0 Å². The number of nitrogens with two attached hydrogens (primary N) is 2. The predicted octanol–water partition coefficient (Wildman–Crippen LogP) is 0.750. The minimum atomic E-state index is -0.244. The van der Waals surface area contributed by atoms with Crippen LogP contribution in [0, 0.1) is 0 Å². The van der Waals surface area contributed by atoms with Crippen LogP contribution in [0.3, 0.4) is 0 Å². The lowest BCUT2D eigenvalue weighted by Gasteiger charge is -2.08. The topological polar surface area (TPSA) is 90.4 Å². The van der Waals surface area contributed by atoms with Crippen molar-refractivity contribution in [3.63, 3.8) is 0 Å². The molecule has 0 unspecified atom stereocenters. The van der Waals surface area contributed by atoms with Gasteiger partial charge in [0.2, 0.25) is 5.91 Å². The van der Waals surface area contributed by atoms with Crippen molar-refractivity contribution >= 4 is 23.4 Å². The average Bonchev–Trinajstić information content (AvgIpc) is 2.29. The van der Waals surface area contributed by atoms with E-state index in [0.717, 1.165) is 10.6 Å². The van der Waals surface area contributed by atoms with Gasteiger partial charge in [0.25, 0.3) is 0 Å². The van der Waals surface area contributed by atoms with Crippen LogP contribution < -0.4 is 21.7 Å². The third kappa shape index (κ3) is 3.63. The molecular formula is C10H15N3O2S. The number of nitrogen functional groups attached to an aromatic ring is 1. The summed E-state index contributed by atoms with van der Waals surface area (Å²) >= 11 is 1.32. The summed E-state index contributed by atoms with van der Waals surface area (Å²) in [5, 5.41) is 0. The molecule has 1 rings (SSSR count). The van der Waals surface area contributed by atoms with Gasteiger partial charge in [-0.25, -0.2) is 5.84 Å². The van der Waals surface area contributed by atoms with Crippen molar-refractivity contribution in [2.24, 2.45) is 5.84 Å². The summed E-state index contributed by atoms with van der Waals surface area (Å²) in [7, 11) is 0. The smallest absolute Gasteiger partial charge is 0.244 e. The van der Waals surface area contributed by atoms with Crippen LogP contribution in [0.15, 0.2) is 23.1 Å². The highest BCUT2D eigenvalue weighted by Gasteiger charge is 2.05. The molecule has 5 N–H and O–H groups in total. The Morgan fingerprint density at radius 1 is 1.56 bits per heavy atom. The molecule has 0 atom stereocenters. The van der Waals surface area contributed by atoms with E-state index in [1.807, 2.05) is 13.0 Å². The van der Waals surface area contributed by atoms with Gasteiger partial charge in [0, 0.05) is 10.6 Å². The fraction of sp³-hybridized carbons (Fsp3) is 0.300. The van der Waals surface area contributed by atoms with Crippen LogP contribution in [0.2, 0.25) is 0 Å². The van der Waals surface area contributed by atoms with Crippen molar-refractivity contribution in [1.29, 1.82) is 0 Å². The van der Waals surface area contributed by atoms with Crippen LogP contribution in [0.5, 0.6) is 5.75 Å². The third-order valence-corrected chi connectivity index (χ3v) is 2.89. The van der Waals surface area contributed by atoms with Gasteiger partial charge in [-0.05, 0) is 25.1 Å². The van der Waals surface area contributed by atoms with Crippen LogP contribution in [0.1, 0.15) is 6.92 Å². The second kappa shape index (κ2) is 6.24. The Kier molecular flexibility index (Phi) is 4.94. The Bertz CT molecular complexity index is 371. The number of ether oxygens (including phenoxy) is 1. The van der Waals surface area contributed by atoms with Gasteiger partial charge in [0.05, 0.1) is 12.4 Å². The van der Waals surface area contributed by atoms with Crippen LogP contribution in [0.4, 0.5) is 5.69 Å². The molecule has 6 heteroatoms. The summed E-state index contributed by atoms with van der Waals surface area (Å²) in [5.41, 5.74) is 8.46. The first-order valence-electron chi connectivity index (χ1n) is 4.82. The van der Waals surface area contributed by atoms with Crippen LogP contribution in [-0.4, -0.2) is 18.3 Å². The number of thioether (sulfide) groups is 1. The summed E-state index contributed by atoms with van der Waals surface area (Å²) in [4.78, 5) is 11.8. The Balaban J connectivity index is 2.70. The largest absolute Gasteiger partial charge is 0.494 e. The first-order chi connectivity index (χ1) is 7.67. The minimum Gasteiger partial charge on any atom is -0.494 e. The molecular weight excluding hydrogens is 226 g/mol. The van der Waals surface area contributed by atoms with Gasteiger partial charge in [-0.2, -0.15) is 0 Å². The molecule has 0 heterocycles. The minimum absolute atomic E-state index is 0.232. The number of hydrazine groups is 1. The normalized spacial score (nSPS) is 9.88. The number of hydrogen-bond acceptors (Lipinski definition) is 5.